The molecule has 0 aromatic heterocycles. The summed E-state index contributed by atoms with van der Waals surface area (Å²) in [6, 6.07) is 8.75. The molecule has 132 valence electrons. The molecule has 0 aliphatic heterocycles. The van der Waals surface area contributed by atoms with Gasteiger partial charge in [-0.25, -0.2) is 0 Å². The molecule has 0 radical (unpaired) electrons. The lowest BCUT2D eigenvalue weighted by Gasteiger charge is -2.12. The van der Waals surface area contributed by atoms with E-state index in [0.29, 0.717) is 5.56 Å². The zero-order valence-corrected chi connectivity index (χ0v) is 13.6. The van der Waals surface area contributed by atoms with E-state index in [2.05, 4.69) is 5.16 Å². The summed E-state index contributed by atoms with van der Waals surface area (Å²) in [4.78, 5) is 15.1. The summed E-state index contributed by atoms with van der Waals surface area (Å²) in [6.45, 7) is 1.33. The van der Waals surface area contributed by atoms with Crippen molar-refractivity contribution in [1.82, 2.24) is 0 Å². The fraction of sp³-hybridized carbons (Fsp3) is 0.188. The van der Waals surface area contributed by atoms with Gasteiger partial charge in [0.15, 0.2) is 0 Å². The number of hydrogen-bond donors (Lipinski definition) is 0. The molecule has 0 unspecified atom stereocenters. The van der Waals surface area contributed by atoms with Crippen molar-refractivity contribution in [3.05, 3.63) is 74.3 Å². The number of benzene rings is 2. The quantitative estimate of drug-likeness (QED) is 0.411. The molecule has 0 saturated heterocycles. The first-order valence-electron chi connectivity index (χ1n) is 6.95. The Morgan fingerprint density at radius 3 is 2.44 bits per heavy atom. The van der Waals surface area contributed by atoms with Gasteiger partial charge in [0.2, 0.25) is 0 Å². The summed E-state index contributed by atoms with van der Waals surface area (Å²) in [5, 5.41) is 14.4. The highest BCUT2D eigenvalue weighted by molar-refractivity contribution is 6.31. The maximum atomic E-state index is 13.0. The van der Waals surface area contributed by atoms with Crippen molar-refractivity contribution >= 4 is 23.0 Å². The first kappa shape index (κ1) is 18.7. The van der Waals surface area contributed by atoms with Crippen LogP contribution in [0.2, 0.25) is 5.02 Å². The Labute approximate surface area is 145 Å². The molecule has 0 heterocycles. The van der Waals surface area contributed by atoms with E-state index in [1.807, 2.05) is 0 Å². The molecule has 0 saturated carbocycles. The number of nitro groups is 1. The lowest BCUT2D eigenvalue weighted by molar-refractivity contribution is -0.384. The van der Waals surface area contributed by atoms with E-state index < -0.39 is 16.7 Å². The lowest BCUT2D eigenvalue weighted by Crippen LogP contribution is -2.12. The highest BCUT2D eigenvalue weighted by atomic mass is 35.5. The van der Waals surface area contributed by atoms with Crippen LogP contribution in [-0.4, -0.2) is 10.6 Å². The minimum Gasteiger partial charge on any atom is -0.391 e. The van der Waals surface area contributed by atoms with Crippen molar-refractivity contribution in [3.63, 3.8) is 0 Å². The van der Waals surface area contributed by atoms with E-state index >= 15 is 0 Å². The van der Waals surface area contributed by atoms with Crippen LogP contribution in [0.1, 0.15) is 23.6 Å². The van der Waals surface area contributed by atoms with E-state index in [1.54, 1.807) is 0 Å². The van der Waals surface area contributed by atoms with Gasteiger partial charge >= 0.3 is 6.18 Å². The number of hydrogen-bond acceptors (Lipinski definition) is 4. The van der Waals surface area contributed by atoms with Crippen LogP contribution >= 0.6 is 11.6 Å². The average molecular weight is 373 g/mol. The number of nitrogens with zero attached hydrogens (tertiary/aromatic N) is 2. The van der Waals surface area contributed by atoms with Gasteiger partial charge in [-0.1, -0.05) is 16.8 Å². The Hall–Kier alpha value is -2.61. The summed E-state index contributed by atoms with van der Waals surface area (Å²) in [7, 11) is 0. The summed E-state index contributed by atoms with van der Waals surface area (Å²) >= 11 is 5.76. The smallest absolute Gasteiger partial charge is 0.391 e. The Bertz CT molecular complexity index is 805. The largest absolute Gasteiger partial charge is 0.417 e. The SMILES string of the molecule is C/C(=N\OCc1ccc([N+](=O)[O-])cc1)c1cc(Cl)ccc1C(F)(F)F. The molecular weight excluding hydrogens is 361 g/mol. The van der Waals surface area contributed by atoms with Crippen molar-refractivity contribution in [2.45, 2.75) is 19.7 Å². The number of rotatable bonds is 5. The van der Waals surface area contributed by atoms with Crippen molar-refractivity contribution in [2.24, 2.45) is 5.16 Å². The molecule has 2 aromatic rings. The fourth-order valence-electron chi connectivity index (χ4n) is 2.03. The van der Waals surface area contributed by atoms with Crippen LogP contribution in [0.25, 0.3) is 0 Å². The second-order valence-corrected chi connectivity index (χ2v) is 5.50. The maximum Gasteiger partial charge on any atom is 0.417 e. The molecule has 0 atom stereocenters. The van der Waals surface area contributed by atoms with E-state index in [4.69, 9.17) is 16.4 Å². The molecule has 0 amide bonds. The summed E-state index contributed by atoms with van der Waals surface area (Å²) in [5.41, 5.74) is -0.515. The Kier molecular flexibility index (Phi) is 5.63. The predicted molar refractivity (Wildman–Crippen MR) is 86.6 cm³/mol. The number of nitro benzene ring substituents is 1. The zero-order valence-electron chi connectivity index (χ0n) is 12.9. The highest BCUT2D eigenvalue weighted by Crippen LogP contribution is 2.33. The van der Waals surface area contributed by atoms with Crippen LogP contribution in [0.15, 0.2) is 47.6 Å². The van der Waals surface area contributed by atoms with Gasteiger partial charge in [0.25, 0.3) is 5.69 Å². The maximum absolute atomic E-state index is 13.0. The monoisotopic (exact) mass is 372 g/mol. The third-order valence-corrected chi connectivity index (χ3v) is 3.49. The van der Waals surface area contributed by atoms with Gasteiger partial charge in [-0.15, -0.1) is 0 Å². The van der Waals surface area contributed by atoms with Crippen molar-refractivity contribution in [2.75, 3.05) is 0 Å². The van der Waals surface area contributed by atoms with Gasteiger partial charge in [0.1, 0.15) is 6.61 Å². The molecule has 5 nitrogen and oxygen atoms in total. The second-order valence-electron chi connectivity index (χ2n) is 5.06. The summed E-state index contributed by atoms with van der Waals surface area (Å²) in [5.74, 6) is 0. The Morgan fingerprint density at radius 2 is 1.88 bits per heavy atom. The van der Waals surface area contributed by atoms with Crippen molar-refractivity contribution in [1.29, 1.82) is 0 Å². The van der Waals surface area contributed by atoms with Gasteiger partial charge in [-0.3, -0.25) is 10.1 Å². The average Bonchev–Trinajstić information content (AvgIpc) is 2.54. The molecular formula is C16H12ClF3N2O3. The molecule has 0 aliphatic carbocycles. The van der Waals surface area contributed by atoms with Gasteiger partial charge in [0, 0.05) is 22.7 Å². The molecule has 25 heavy (non-hydrogen) atoms. The Balaban J connectivity index is 2.14. The molecule has 0 spiro atoms. The first-order valence-corrected chi connectivity index (χ1v) is 7.33. The molecule has 0 bridgehead atoms. The topological polar surface area (TPSA) is 64.7 Å². The molecule has 2 aromatic carbocycles. The van der Waals surface area contributed by atoms with Crippen molar-refractivity contribution < 1.29 is 22.9 Å². The predicted octanol–water partition coefficient (Wildman–Crippen LogP) is 5.21. The third-order valence-electron chi connectivity index (χ3n) is 3.26. The molecule has 0 fully saturated rings. The normalized spacial score (nSPS) is 12.1. The van der Waals surface area contributed by atoms with Gasteiger partial charge in [0.05, 0.1) is 16.2 Å². The summed E-state index contributed by atoms with van der Waals surface area (Å²) < 4.78 is 39.1. The number of non-ortho nitro benzene ring substituents is 1. The van der Waals surface area contributed by atoms with Crippen LogP contribution < -0.4 is 0 Å². The lowest BCUT2D eigenvalue weighted by atomic mass is 10.0. The standard InChI is InChI=1S/C16H12ClF3N2O3/c1-10(14-8-12(17)4-7-15(14)16(18,19)20)21-25-9-11-2-5-13(6-3-11)22(23)24/h2-8H,9H2,1H3/b21-10+. The van der Waals surface area contributed by atoms with E-state index in [0.717, 1.165) is 12.1 Å². The van der Waals surface area contributed by atoms with E-state index in [9.17, 15) is 23.3 Å². The second kappa shape index (κ2) is 7.52. The molecule has 9 heteroatoms. The molecule has 0 aliphatic rings. The van der Waals surface area contributed by atoms with Gasteiger partial charge < -0.3 is 4.84 Å². The summed E-state index contributed by atoms with van der Waals surface area (Å²) in [6.07, 6.45) is -4.55. The first-order chi connectivity index (χ1) is 11.7. The van der Waals surface area contributed by atoms with Gasteiger partial charge in [-0.2, -0.15) is 13.2 Å². The molecule has 0 N–H and O–H groups in total. The Morgan fingerprint density at radius 1 is 1.24 bits per heavy atom. The van der Waals surface area contributed by atoms with Crippen LogP contribution in [0.3, 0.4) is 0 Å². The van der Waals surface area contributed by atoms with E-state index in [1.165, 1.54) is 37.3 Å². The van der Waals surface area contributed by atoms with Crippen LogP contribution in [0.5, 0.6) is 0 Å². The van der Waals surface area contributed by atoms with Crippen LogP contribution in [-0.2, 0) is 17.6 Å². The number of alkyl halides is 3. The molecule has 2 rings (SSSR count). The third kappa shape index (κ3) is 4.93. The number of oxime groups is 1. The minimum absolute atomic E-state index is 0.0109. The fourth-order valence-corrected chi connectivity index (χ4v) is 2.20. The number of halogens is 4. The zero-order chi connectivity index (χ0) is 18.6. The van der Waals surface area contributed by atoms with Crippen molar-refractivity contribution in [3.8, 4) is 0 Å². The minimum atomic E-state index is -4.55. The highest BCUT2D eigenvalue weighted by Gasteiger charge is 2.34. The van der Waals surface area contributed by atoms with Crippen LogP contribution in [0.4, 0.5) is 18.9 Å². The van der Waals surface area contributed by atoms with Gasteiger partial charge in [-0.05, 0) is 42.8 Å². The van der Waals surface area contributed by atoms with Crippen LogP contribution in [0, 0.1) is 10.1 Å². The van der Waals surface area contributed by atoms with E-state index in [-0.39, 0.29) is 28.6 Å².